The zero-order valence-corrected chi connectivity index (χ0v) is 16.1. The number of nitrogens with one attached hydrogen (secondary N) is 1. The third-order valence-corrected chi connectivity index (χ3v) is 4.85. The topological polar surface area (TPSA) is 75.2 Å². The highest BCUT2D eigenvalue weighted by Crippen LogP contribution is 2.29. The van der Waals surface area contributed by atoms with Gasteiger partial charge < -0.3 is 10.2 Å². The summed E-state index contributed by atoms with van der Waals surface area (Å²) in [5.41, 5.74) is 4.51. The van der Waals surface area contributed by atoms with E-state index in [0.717, 1.165) is 16.8 Å². The molecular weight excluding hydrogens is 371 g/mol. The van der Waals surface area contributed by atoms with Crippen LogP contribution in [-0.4, -0.2) is 33.7 Å². The molecule has 0 radical (unpaired) electrons. The molecule has 1 aromatic heterocycles. The van der Waals surface area contributed by atoms with Crippen LogP contribution < -0.4 is 5.32 Å². The average molecular weight is 390 g/mol. The predicted molar refractivity (Wildman–Crippen MR) is 106 cm³/mol. The number of halogens is 1. The molecule has 0 saturated carbocycles. The number of amides is 2. The predicted octanol–water partition coefficient (Wildman–Crippen LogP) is 3.11. The molecule has 146 valence electrons. The van der Waals surface area contributed by atoms with Gasteiger partial charge in [0.25, 0.3) is 11.8 Å². The summed E-state index contributed by atoms with van der Waals surface area (Å²) < 4.78 is 14.2. The molecule has 0 fully saturated rings. The number of nitrogens with zero attached hydrogens (tertiary/aromatic N) is 3. The number of aryl methyl sites for hydroxylation is 1. The minimum absolute atomic E-state index is 0.0231. The van der Waals surface area contributed by atoms with Crippen LogP contribution in [-0.2, 0) is 13.1 Å². The number of hydrogen-bond donors (Lipinski definition) is 1. The second-order valence-electron chi connectivity index (χ2n) is 7.09. The van der Waals surface area contributed by atoms with Crippen molar-refractivity contribution in [1.29, 1.82) is 0 Å². The Morgan fingerprint density at radius 2 is 1.97 bits per heavy atom. The summed E-state index contributed by atoms with van der Waals surface area (Å²) in [6.45, 7) is 2.55. The Morgan fingerprint density at radius 3 is 2.72 bits per heavy atom. The fourth-order valence-electron chi connectivity index (χ4n) is 3.32. The highest BCUT2D eigenvalue weighted by Gasteiger charge is 2.24. The van der Waals surface area contributed by atoms with E-state index in [2.05, 4.69) is 15.3 Å². The Labute approximate surface area is 167 Å². The highest BCUT2D eigenvalue weighted by molar-refractivity contribution is 5.99. The van der Waals surface area contributed by atoms with E-state index in [4.69, 9.17) is 0 Å². The van der Waals surface area contributed by atoms with Crippen LogP contribution in [0.4, 0.5) is 4.39 Å². The van der Waals surface area contributed by atoms with Gasteiger partial charge in [-0.25, -0.2) is 4.39 Å². The van der Waals surface area contributed by atoms with Crippen molar-refractivity contribution in [3.8, 4) is 11.1 Å². The smallest absolute Gasteiger partial charge is 0.254 e. The fourth-order valence-corrected chi connectivity index (χ4v) is 3.32. The summed E-state index contributed by atoms with van der Waals surface area (Å²) >= 11 is 0. The first kappa shape index (κ1) is 18.7. The summed E-state index contributed by atoms with van der Waals surface area (Å²) in [5.74, 6) is -0.925. The van der Waals surface area contributed by atoms with Crippen molar-refractivity contribution >= 4 is 11.8 Å². The lowest BCUT2D eigenvalue weighted by Crippen LogP contribution is -2.23. The zero-order chi connectivity index (χ0) is 20.5. The van der Waals surface area contributed by atoms with Gasteiger partial charge in [-0.3, -0.25) is 19.6 Å². The Bertz CT molecular complexity index is 1110. The molecule has 1 N–H and O–H groups in total. The normalized spacial score (nSPS) is 12.8. The van der Waals surface area contributed by atoms with Gasteiger partial charge in [-0.2, -0.15) is 0 Å². The molecular formula is C22H19FN4O2. The largest absolute Gasteiger partial charge is 0.346 e. The van der Waals surface area contributed by atoms with Crippen LogP contribution in [0, 0.1) is 12.7 Å². The minimum Gasteiger partial charge on any atom is -0.346 e. The number of aromatic nitrogens is 2. The van der Waals surface area contributed by atoms with E-state index in [9.17, 15) is 14.0 Å². The quantitative estimate of drug-likeness (QED) is 0.743. The van der Waals surface area contributed by atoms with Gasteiger partial charge in [0, 0.05) is 30.9 Å². The molecule has 7 heteroatoms. The molecule has 2 heterocycles. The van der Waals surface area contributed by atoms with Crippen molar-refractivity contribution < 1.29 is 14.0 Å². The molecule has 1 aliphatic rings. The summed E-state index contributed by atoms with van der Waals surface area (Å²) in [6.07, 6.45) is 3.22. The first-order chi connectivity index (χ1) is 13.9. The molecule has 0 unspecified atom stereocenters. The average Bonchev–Trinajstić information content (AvgIpc) is 3.00. The molecule has 0 spiro atoms. The summed E-state index contributed by atoms with van der Waals surface area (Å²) in [4.78, 5) is 34.5. The van der Waals surface area contributed by atoms with Crippen molar-refractivity contribution in [3.05, 3.63) is 82.7 Å². The fraction of sp³-hybridized carbons (Fsp3) is 0.182. The van der Waals surface area contributed by atoms with Gasteiger partial charge in [0.2, 0.25) is 0 Å². The van der Waals surface area contributed by atoms with E-state index >= 15 is 0 Å². The van der Waals surface area contributed by atoms with Gasteiger partial charge in [-0.15, -0.1) is 0 Å². The molecule has 0 aliphatic carbocycles. The third kappa shape index (κ3) is 3.85. The lowest BCUT2D eigenvalue weighted by Gasteiger charge is -2.09. The lowest BCUT2D eigenvalue weighted by atomic mass is 9.98. The van der Waals surface area contributed by atoms with E-state index in [0.29, 0.717) is 23.4 Å². The Kier molecular flexibility index (Phi) is 4.80. The highest BCUT2D eigenvalue weighted by atomic mass is 19.1. The second kappa shape index (κ2) is 7.43. The number of carbonyl (C=O) groups excluding carboxylic acids is 2. The maximum Gasteiger partial charge on any atom is 0.254 e. The van der Waals surface area contributed by atoms with Crippen molar-refractivity contribution in [3.63, 3.8) is 0 Å². The van der Waals surface area contributed by atoms with Crippen molar-refractivity contribution in [1.82, 2.24) is 20.2 Å². The van der Waals surface area contributed by atoms with Gasteiger partial charge in [0.05, 0.1) is 24.1 Å². The zero-order valence-electron chi connectivity index (χ0n) is 16.1. The van der Waals surface area contributed by atoms with Crippen LogP contribution >= 0.6 is 0 Å². The molecule has 1 aliphatic heterocycles. The van der Waals surface area contributed by atoms with E-state index in [1.807, 2.05) is 13.0 Å². The van der Waals surface area contributed by atoms with Crippen LogP contribution in [0.3, 0.4) is 0 Å². The van der Waals surface area contributed by atoms with Gasteiger partial charge in [-0.1, -0.05) is 6.07 Å². The molecule has 4 rings (SSSR count). The van der Waals surface area contributed by atoms with Gasteiger partial charge in [0.1, 0.15) is 5.82 Å². The number of fused-ring (bicyclic) bond motifs is 1. The molecule has 6 nitrogen and oxygen atoms in total. The molecule has 0 bridgehead atoms. The van der Waals surface area contributed by atoms with Crippen LogP contribution in [0.1, 0.15) is 37.7 Å². The number of hydrogen-bond acceptors (Lipinski definition) is 4. The van der Waals surface area contributed by atoms with Crippen molar-refractivity contribution in [2.24, 2.45) is 0 Å². The monoisotopic (exact) mass is 390 g/mol. The minimum atomic E-state index is -0.503. The lowest BCUT2D eigenvalue weighted by molar-refractivity contribution is 0.0816. The van der Waals surface area contributed by atoms with Crippen molar-refractivity contribution in [2.45, 2.75) is 20.0 Å². The van der Waals surface area contributed by atoms with Crippen LogP contribution in [0.25, 0.3) is 11.1 Å². The summed E-state index contributed by atoms with van der Waals surface area (Å²) in [7, 11) is 1.74. The third-order valence-electron chi connectivity index (χ3n) is 4.85. The van der Waals surface area contributed by atoms with Crippen LogP contribution in [0.2, 0.25) is 0 Å². The van der Waals surface area contributed by atoms with Crippen LogP contribution in [0.15, 0.2) is 48.8 Å². The van der Waals surface area contributed by atoms with Gasteiger partial charge in [-0.05, 0) is 53.9 Å². The van der Waals surface area contributed by atoms with Crippen LogP contribution in [0.5, 0.6) is 0 Å². The Morgan fingerprint density at radius 1 is 1.14 bits per heavy atom. The maximum absolute atomic E-state index is 14.2. The molecule has 3 aromatic rings. The van der Waals surface area contributed by atoms with E-state index in [-0.39, 0.29) is 18.0 Å². The number of rotatable bonds is 4. The maximum atomic E-state index is 14.2. The van der Waals surface area contributed by atoms with E-state index in [1.54, 1.807) is 42.5 Å². The molecule has 2 aromatic carbocycles. The molecule has 0 atom stereocenters. The molecule has 2 amide bonds. The molecule has 29 heavy (non-hydrogen) atoms. The second-order valence-corrected chi connectivity index (χ2v) is 7.09. The molecule has 0 saturated heterocycles. The first-order valence-corrected chi connectivity index (χ1v) is 9.16. The van der Waals surface area contributed by atoms with Gasteiger partial charge >= 0.3 is 0 Å². The Balaban J connectivity index is 1.56. The van der Waals surface area contributed by atoms with Gasteiger partial charge in [0.15, 0.2) is 0 Å². The van der Waals surface area contributed by atoms with E-state index in [1.165, 1.54) is 12.1 Å². The number of carbonyl (C=O) groups is 2. The van der Waals surface area contributed by atoms with E-state index < -0.39 is 11.7 Å². The van der Waals surface area contributed by atoms with Crippen molar-refractivity contribution in [2.75, 3.05) is 7.05 Å². The Hall–Kier alpha value is -3.61. The standard InChI is InChI=1S/C22H19FN4O2/c1-13-9-25-19(10-24-13)11-26-21(28)16-6-15(7-18(23)8-16)14-3-4-20-17(5-14)12-27(2)22(20)29/h3-10H,11-12H2,1-2H3,(H,26,28). The first-order valence-electron chi connectivity index (χ1n) is 9.16. The summed E-state index contributed by atoms with van der Waals surface area (Å²) in [6, 6.07) is 9.61. The number of benzene rings is 2. The SMILES string of the molecule is Cc1cnc(CNC(=O)c2cc(F)cc(-c3ccc4c(c3)CN(C)C4=O)c2)cn1. The summed E-state index contributed by atoms with van der Waals surface area (Å²) in [5, 5.41) is 2.73.